The van der Waals surface area contributed by atoms with E-state index in [2.05, 4.69) is 10.5 Å². The van der Waals surface area contributed by atoms with E-state index in [0.717, 1.165) is 0 Å². The third-order valence-corrected chi connectivity index (χ3v) is 1.52. The van der Waals surface area contributed by atoms with Gasteiger partial charge in [-0.2, -0.15) is 5.10 Å². The Morgan fingerprint density at radius 2 is 2.31 bits per heavy atom. The van der Waals surface area contributed by atoms with Crippen LogP contribution in [0.2, 0.25) is 0 Å². The summed E-state index contributed by atoms with van der Waals surface area (Å²) in [5, 5.41) is 3.84. The molecule has 1 N–H and O–H groups in total. The number of carbonyl (C=O) groups is 1. The number of rotatable bonds is 3. The molecule has 1 amide bonds. The quantitative estimate of drug-likeness (QED) is 0.604. The Hall–Kier alpha value is -1.36. The van der Waals surface area contributed by atoms with Gasteiger partial charge in [0.15, 0.2) is 0 Å². The molecule has 1 aliphatic rings. The molecule has 1 aliphatic heterocycles. The van der Waals surface area contributed by atoms with Gasteiger partial charge < -0.3 is 9.64 Å². The highest BCUT2D eigenvalue weighted by molar-refractivity contribution is 6.25. The molecule has 0 aromatic heterocycles. The van der Waals surface area contributed by atoms with Crippen molar-refractivity contribution in [3.8, 4) is 0 Å². The number of hydrazone groups is 1. The van der Waals surface area contributed by atoms with Gasteiger partial charge in [-0.1, -0.05) is 0 Å². The number of amides is 1. The van der Waals surface area contributed by atoms with Crippen LogP contribution < -0.4 is 5.43 Å². The summed E-state index contributed by atoms with van der Waals surface area (Å²) in [6.07, 6.45) is 1.72. The minimum absolute atomic E-state index is 0.180. The molecule has 0 saturated carbocycles. The minimum Gasteiger partial charge on any atom is -0.383 e. The van der Waals surface area contributed by atoms with Crippen LogP contribution >= 0.6 is 0 Å². The molecule has 72 valence electrons. The topological polar surface area (TPSA) is 53.9 Å². The van der Waals surface area contributed by atoms with Gasteiger partial charge in [0.05, 0.1) is 12.2 Å². The van der Waals surface area contributed by atoms with Gasteiger partial charge in [0, 0.05) is 27.4 Å². The van der Waals surface area contributed by atoms with Crippen LogP contribution in [0.15, 0.2) is 16.9 Å². The van der Waals surface area contributed by atoms with E-state index in [-0.39, 0.29) is 5.91 Å². The van der Waals surface area contributed by atoms with Crippen molar-refractivity contribution in [2.24, 2.45) is 5.10 Å². The highest BCUT2D eigenvalue weighted by Gasteiger charge is 2.22. The standard InChI is InChI=1S/C8H13N3O2/c1-11(2)4-6-7(5-13-3)9-10-8(6)12/h4H,5H2,1-3H3,(H,10,12). The summed E-state index contributed by atoms with van der Waals surface area (Å²) in [5.41, 5.74) is 3.59. The van der Waals surface area contributed by atoms with Crippen molar-refractivity contribution in [1.82, 2.24) is 10.3 Å². The summed E-state index contributed by atoms with van der Waals surface area (Å²) in [6.45, 7) is 0.346. The zero-order valence-corrected chi connectivity index (χ0v) is 8.00. The zero-order valence-electron chi connectivity index (χ0n) is 8.00. The maximum absolute atomic E-state index is 11.2. The molecule has 0 radical (unpaired) electrons. The number of nitrogens with one attached hydrogen (secondary N) is 1. The van der Waals surface area contributed by atoms with E-state index < -0.39 is 0 Å². The predicted molar refractivity (Wildman–Crippen MR) is 49.2 cm³/mol. The smallest absolute Gasteiger partial charge is 0.274 e. The predicted octanol–water partition coefficient (Wildman–Crippen LogP) is -0.436. The minimum atomic E-state index is -0.180. The van der Waals surface area contributed by atoms with Crippen molar-refractivity contribution < 1.29 is 9.53 Å². The van der Waals surface area contributed by atoms with E-state index in [0.29, 0.717) is 17.9 Å². The molecule has 0 unspecified atom stereocenters. The molecule has 0 fully saturated rings. The fourth-order valence-electron chi connectivity index (χ4n) is 1.01. The van der Waals surface area contributed by atoms with Crippen molar-refractivity contribution in [2.45, 2.75) is 0 Å². The van der Waals surface area contributed by atoms with Gasteiger partial charge in [-0.25, -0.2) is 5.43 Å². The maximum Gasteiger partial charge on any atom is 0.274 e. The van der Waals surface area contributed by atoms with Crippen molar-refractivity contribution in [3.63, 3.8) is 0 Å². The molecule has 5 nitrogen and oxygen atoms in total. The summed E-state index contributed by atoms with van der Waals surface area (Å²) < 4.78 is 4.90. The maximum atomic E-state index is 11.2. The highest BCUT2D eigenvalue weighted by Crippen LogP contribution is 2.06. The van der Waals surface area contributed by atoms with Crippen LogP contribution in [0.4, 0.5) is 0 Å². The molecule has 0 saturated heterocycles. The first-order valence-corrected chi connectivity index (χ1v) is 3.89. The fourth-order valence-corrected chi connectivity index (χ4v) is 1.01. The van der Waals surface area contributed by atoms with Crippen LogP contribution in [0.5, 0.6) is 0 Å². The second kappa shape index (κ2) is 4.04. The lowest BCUT2D eigenvalue weighted by atomic mass is 10.2. The number of ether oxygens (including phenoxy) is 1. The zero-order chi connectivity index (χ0) is 9.84. The van der Waals surface area contributed by atoms with Gasteiger partial charge in [0.1, 0.15) is 5.71 Å². The molecule has 1 heterocycles. The Bertz CT molecular complexity index is 269. The second-order valence-corrected chi connectivity index (χ2v) is 2.94. The molecule has 0 aromatic rings. The number of hydrogen-bond donors (Lipinski definition) is 1. The van der Waals surface area contributed by atoms with E-state index in [1.54, 1.807) is 18.2 Å². The van der Waals surface area contributed by atoms with E-state index in [1.807, 2.05) is 14.1 Å². The van der Waals surface area contributed by atoms with Crippen LogP contribution in [0, 0.1) is 0 Å². The molecule has 0 bridgehead atoms. The van der Waals surface area contributed by atoms with Gasteiger partial charge >= 0.3 is 0 Å². The Kier molecular flexibility index (Phi) is 3.02. The third-order valence-electron chi connectivity index (χ3n) is 1.52. The normalized spacial score (nSPS) is 18.8. The summed E-state index contributed by atoms with van der Waals surface area (Å²) in [4.78, 5) is 13.0. The van der Waals surface area contributed by atoms with E-state index >= 15 is 0 Å². The van der Waals surface area contributed by atoms with Crippen LogP contribution in [0.3, 0.4) is 0 Å². The molecule has 5 heteroatoms. The largest absolute Gasteiger partial charge is 0.383 e. The average Bonchev–Trinajstić information content (AvgIpc) is 2.36. The molecule has 0 spiro atoms. The highest BCUT2D eigenvalue weighted by atomic mass is 16.5. The van der Waals surface area contributed by atoms with Crippen molar-refractivity contribution in [1.29, 1.82) is 0 Å². The second-order valence-electron chi connectivity index (χ2n) is 2.94. The lowest BCUT2D eigenvalue weighted by Gasteiger charge is -2.06. The van der Waals surface area contributed by atoms with Crippen LogP contribution in [0.1, 0.15) is 0 Å². The molecular formula is C8H13N3O2. The van der Waals surface area contributed by atoms with E-state index in [1.165, 1.54) is 0 Å². The first kappa shape index (κ1) is 9.73. The lowest BCUT2D eigenvalue weighted by Crippen LogP contribution is -2.18. The third kappa shape index (κ3) is 2.29. The molecular weight excluding hydrogens is 170 g/mol. The van der Waals surface area contributed by atoms with Crippen LogP contribution in [-0.2, 0) is 9.53 Å². The molecule has 0 aromatic carbocycles. The van der Waals surface area contributed by atoms with Gasteiger partial charge in [0.2, 0.25) is 0 Å². The van der Waals surface area contributed by atoms with Crippen molar-refractivity contribution in [2.75, 3.05) is 27.8 Å². The summed E-state index contributed by atoms with van der Waals surface area (Å²) in [6, 6.07) is 0. The summed E-state index contributed by atoms with van der Waals surface area (Å²) in [7, 11) is 5.27. The van der Waals surface area contributed by atoms with Gasteiger partial charge in [-0.05, 0) is 0 Å². The fraction of sp³-hybridized carbons (Fsp3) is 0.500. The Morgan fingerprint density at radius 1 is 1.62 bits per heavy atom. The first-order valence-electron chi connectivity index (χ1n) is 3.89. The van der Waals surface area contributed by atoms with Gasteiger partial charge in [-0.3, -0.25) is 4.79 Å². The molecule has 0 atom stereocenters. The van der Waals surface area contributed by atoms with Gasteiger partial charge in [0.25, 0.3) is 5.91 Å². The number of nitrogens with zero attached hydrogens (tertiary/aromatic N) is 2. The monoisotopic (exact) mass is 183 g/mol. The summed E-state index contributed by atoms with van der Waals surface area (Å²) in [5.74, 6) is -0.180. The van der Waals surface area contributed by atoms with Crippen molar-refractivity contribution >= 4 is 11.6 Å². The van der Waals surface area contributed by atoms with Crippen LogP contribution in [0.25, 0.3) is 0 Å². The van der Waals surface area contributed by atoms with Crippen LogP contribution in [-0.4, -0.2) is 44.3 Å². The Balaban J connectivity index is 2.80. The number of hydrogen-bond acceptors (Lipinski definition) is 4. The van der Waals surface area contributed by atoms with E-state index in [4.69, 9.17) is 4.74 Å². The summed E-state index contributed by atoms with van der Waals surface area (Å²) >= 11 is 0. The number of methoxy groups -OCH3 is 1. The molecule has 1 rings (SSSR count). The van der Waals surface area contributed by atoms with Crippen molar-refractivity contribution in [3.05, 3.63) is 11.8 Å². The lowest BCUT2D eigenvalue weighted by molar-refractivity contribution is -0.116. The Morgan fingerprint density at radius 3 is 2.85 bits per heavy atom. The first-order chi connectivity index (χ1) is 6.15. The molecule has 0 aliphatic carbocycles. The average molecular weight is 183 g/mol. The SMILES string of the molecule is COCC1=NNC(=O)C1=CN(C)C. The van der Waals surface area contributed by atoms with E-state index in [9.17, 15) is 4.79 Å². The Labute approximate surface area is 77.0 Å². The molecule has 13 heavy (non-hydrogen) atoms. The number of carbonyl (C=O) groups excluding carboxylic acids is 1. The van der Waals surface area contributed by atoms with Gasteiger partial charge in [-0.15, -0.1) is 0 Å².